The first kappa shape index (κ1) is 21.1. The van der Waals surface area contributed by atoms with Crippen molar-refractivity contribution in [2.75, 3.05) is 26.6 Å². The summed E-state index contributed by atoms with van der Waals surface area (Å²) in [5.41, 5.74) is 5.12. The van der Waals surface area contributed by atoms with Gasteiger partial charge in [-0.05, 0) is 30.9 Å². The molecule has 2 aliphatic rings. The first-order valence-corrected chi connectivity index (χ1v) is 10.9. The van der Waals surface area contributed by atoms with Crippen molar-refractivity contribution in [3.63, 3.8) is 0 Å². The third kappa shape index (κ3) is 3.44. The molecule has 5 rings (SSSR count). The number of rotatable bonds is 5. The van der Waals surface area contributed by atoms with Crippen molar-refractivity contribution in [3.8, 4) is 17.2 Å². The molecular formula is C26H26N2O5. The lowest BCUT2D eigenvalue weighted by Gasteiger charge is -2.35. The van der Waals surface area contributed by atoms with Crippen LogP contribution in [0.2, 0.25) is 0 Å². The van der Waals surface area contributed by atoms with Crippen LogP contribution in [0.25, 0.3) is 0 Å². The smallest absolute Gasteiger partial charge is 0.233 e. The number of hydrogen-bond acceptors (Lipinski definition) is 7. The predicted octanol–water partition coefficient (Wildman–Crippen LogP) is 4.97. The zero-order valence-electron chi connectivity index (χ0n) is 19.1. The van der Waals surface area contributed by atoms with Gasteiger partial charge in [0.25, 0.3) is 0 Å². The molecule has 1 N–H and O–H groups in total. The molecule has 0 bridgehead atoms. The number of aromatic nitrogens is 1. The molecule has 0 radical (unpaired) electrons. The van der Waals surface area contributed by atoms with Crippen molar-refractivity contribution in [2.45, 2.75) is 31.6 Å². The van der Waals surface area contributed by atoms with E-state index in [1.54, 1.807) is 27.4 Å². The minimum absolute atomic E-state index is 0.100. The number of nitrogens with zero attached hydrogens (tertiary/aromatic N) is 1. The molecule has 2 aromatic carbocycles. The zero-order chi connectivity index (χ0) is 23.1. The van der Waals surface area contributed by atoms with E-state index in [0.717, 1.165) is 33.7 Å². The second kappa shape index (κ2) is 8.31. The highest BCUT2D eigenvalue weighted by Gasteiger charge is 2.42. The first-order chi connectivity index (χ1) is 16.0. The van der Waals surface area contributed by atoms with E-state index in [-0.39, 0.29) is 17.6 Å². The Morgan fingerprint density at radius 2 is 1.67 bits per heavy atom. The molecule has 7 heteroatoms. The summed E-state index contributed by atoms with van der Waals surface area (Å²) in [6, 6.07) is 13.8. The van der Waals surface area contributed by atoms with Gasteiger partial charge in [0.05, 0.1) is 38.5 Å². The standard InChI is InChI=1S/C26H26N2O5/c1-14-23-24(17-12-21(31-3)22(32-4)13-20(17)30-2)25-18(27-26(23)33-28-14)10-16(11-19(25)29)15-8-6-5-7-9-15/h5-9,12-13,16,24,27H,10-11H2,1-4H3. The second-order valence-corrected chi connectivity index (χ2v) is 8.35. The Balaban J connectivity index is 1.69. The van der Waals surface area contributed by atoms with Gasteiger partial charge in [-0.1, -0.05) is 35.5 Å². The van der Waals surface area contributed by atoms with Crippen molar-refractivity contribution in [1.29, 1.82) is 0 Å². The fraction of sp³-hybridized carbons (Fsp3) is 0.308. The lowest BCUT2D eigenvalue weighted by Crippen LogP contribution is -2.29. The van der Waals surface area contributed by atoms with Crippen molar-refractivity contribution < 1.29 is 23.5 Å². The van der Waals surface area contributed by atoms with E-state index in [2.05, 4.69) is 22.6 Å². The highest BCUT2D eigenvalue weighted by molar-refractivity contribution is 6.01. The first-order valence-electron chi connectivity index (χ1n) is 10.9. The average Bonchev–Trinajstić information content (AvgIpc) is 3.22. The summed E-state index contributed by atoms with van der Waals surface area (Å²) in [4.78, 5) is 13.7. The lowest BCUT2D eigenvalue weighted by molar-refractivity contribution is -0.116. The quantitative estimate of drug-likeness (QED) is 0.593. The SMILES string of the molecule is COc1cc(OC)c(C2C3=C(CC(c4ccccc4)CC3=O)Nc3onc(C)c32)cc1OC. The highest BCUT2D eigenvalue weighted by atomic mass is 16.5. The van der Waals surface area contributed by atoms with Crippen LogP contribution in [0.1, 0.15) is 47.1 Å². The third-order valence-corrected chi connectivity index (χ3v) is 6.58. The summed E-state index contributed by atoms with van der Waals surface area (Å²) >= 11 is 0. The Kier molecular flexibility index (Phi) is 5.32. The Labute approximate surface area is 192 Å². The monoisotopic (exact) mass is 446 g/mol. The number of aryl methyl sites for hydroxylation is 1. The number of ether oxygens (including phenoxy) is 3. The molecule has 170 valence electrons. The van der Waals surface area contributed by atoms with Crippen LogP contribution < -0.4 is 19.5 Å². The molecule has 7 nitrogen and oxygen atoms in total. The van der Waals surface area contributed by atoms with Crippen LogP contribution in [0.4, 0.5) is 5.88 Å². The predicted molar refractivity (Wildman–Crippen MR) is 123 cm³/mol. The van der Waals surface area contributed by atoms with E-state index in [4.69, 9.17) is 18.7 Å². The number of nitrogens with one attached hydrogen (secondary N) is 1. The van der Waals surface area contributed by atoms with E-state index in [1.165, 1.54) is 0 Å². The number of benzene rings is 2. The van der Waals surface area contributed by atoms with E-state index in [0.29, 0.717) is 36.0 Å². The fourth-order valence-corrected chi connectivity index (χ4v) is 5.02. The van der Waals surface area contributed by atoms with E-state index in [1.807, 2.05) is 31.2 Å². The summed E-state index contributed by atoms with van der Waals surface area (Å²) in [5, 5.41) is 7.56. The van der Waals surface area contributed by atoms with Crippen LogP contribution in [-0.4, -0.2) is 32.3 Å². The summed E-state index contributed by atoms with van der Waals surface area (Å²) in [6.07, 6.45) is 1.15. The summed E-state index contributed by atoms with van der Waals surface area (Å²) in [5.74, 6) is 2.11. The largest absolute Gasteiger partial charge is 0.496 e. The fourth-order valence-electron chi connectivity index (χ4n) is 5.02. The molecule has 2 atom stereocenters. The Morgan fingerprint density at radius 3 is 2.36 bits per heavy atom. The molecule has 0 amide bonds. The van der Waals surface area contributed by atoms with Gasteiger partial charge < -0.3 is 24.1 Å². The van der Waals surface area contributed by atoms with Crippen molar-refractivity contribution in [1.82, 2.24) is 5.16 Å². The van der Waals surface area contributed by atoms with E-state index >= 15 is 0 Å². The summed E-state index contributed by atoms with van der Waals surface area (Å²) in [7, 11) is 4.78. The molecule has 1 aliphatic heterocycles. The van der Waals surface area contributed by atoms with Gasteiger partial charge in [-0.2, -0.15) is 0 Å². The maximum atomic E-state index is 13.7. The molecule has 0 saturated heterocycles. The molecule has 2 unspecified atom stereocenters. The van der Waals surface area contributed by atoms with Gasteiger partial charge in [0, 0.05) is 29.3 Å². The Hall–Kier alpha value is -3.74. The number of Topliss-reactive ketones (excluding diaryl/α,β-unsaturated/α-hetero) is 1. The minimum Gasteiger partial charge on any atom is -0.496 e. The normalized spacial score (nSPS) is 19.5. The van der Waals surface area contributed by atoms with Gasteiger partial charge >= 0.3 is 0 Å². The summed E-state index contributed by atoms with van der Waals surface area (Å²) < 4.78 is 22.4. The molecule has 33 heavy (non-hydrogen) atoms. The number of fused-ring (bicyclic) bond motifs is 1. The molecule has 0 saturated carbocycles. The number of carbonyl (C=O) groups is 1. The van der Waals surface area contributed by atoms with Crippen LogP contribution in [0.3, 0.4) is 0 Å². The second-order valence-electron chi connectivity index (χ2n) is 8.35. The maximum absolute atomic E-state index is 13.7. The third-order valence-electron chi connectivity index (χ3n) is 6.58. The van der Waals surface area contributed by atoms with Crippen LogP contribution in [-0.2, 0) is 4.79 Å². The van der Waals surface area contributed by atoms with E-state index < -0.39 is 0 Å². The van der Waals surface area contributed by atoms with Crippen LogP contribution in [0.15, 0.2) is 58.3 Å². The Morgan fingerprint density at radius 1 is 0.970 bits per heavy atom. The number of hydrogen-bond donors (Lipinski definition) is 1. The van der Waals surface area contributed by atoms with Crippen molar-refractivity contribution in [2.24, 2.45) is 0 Å². The van der Waals surface area contributed by atoms with Crippen LogP contribution in [0, 0.1) is 6.92 Å². The van der Waals surface area contributed by atoms with Gasteiger partial charge in [0.1, 0.15) is 5.75 Å². The Bertz CT molecular complexity index is 1250. The number of methoxy groups -OCH3 is 3. The molecule has 2 heterocycles. The van der Waals surface area contributed by atoms with E-state index in [9.17, 15) is 4.79 Å². The number of anilines is 1. The highest BCUT2D eigenvalue weighted by Crippen LogP contribution is 2.52. The lowest BCUT2D eigenvalue weighted by atomic mass is 9.72. The van der Waals surface area contributed by atoms with Crippen molar-refractivity contribution >= 4 is 11.7 Å². The van der Waals surface area contributed by atoms with Crippen LogP contribution >= 0.6 is 0 Å². The number of allylic oxidation sites excluding steroid dienone is 2. The molecule has 1 aromatic heterocycles. The van der Waals surface area contributed by atoms with Crippen LogP contribution in [0.5, 0.6) is 17.2 Å². The number of ketones is 1. The van der Waals surface area contributed by atoms with Gasteiger partial charge in [-0.3, -0.25) is 4.79 Å². The van der Waals surface area contributed by atoms with Gasteiger partial charge in [0.2, 0.25) is 5.88 Å². The zero-order valence-corrected chi connectivity index (χ0v) is 19.1. The molecule has 0 fully saturated rings. The topological polar surface area (TPSA) is 82.8 Å². The average molecular weight is 447 g/mol. The molecule has 0 spiro atoms. The maximum Gasteiger partial charge on any atom is 0.233 e. The van der Waals surface area contributed by atoms with Gasteiger partial charge in [-0.15, -0.1) is 0 Å². The molecule has 1 aliphatic carbocycles. The van der Waals surface area contributed by atoms with Crippen molar-refractivity contribution in [3.05, 3.63) is 76.1 Å². The minimum atomic E-state index is -0.388. The summed E-state index contributed by atoms with van der Waals surface area (Å²) in [6.45, 7) is 1.88. The molecule has 3 aromatic rings. The van der Waals surface area contributed by atoms with Gasteiger partial charge in [0.15, 0.2) is 17.3 Å². The van der Waals surface area contributed by atoms with Gasteiger partial charge in [-0.25, -0.2) is 0 Å². The molecular weight excluding hydrogens is 420 g/mol. The number of carbonyl (C=O) groups excluding carboxylic acids is 1.